The van der Waals surface area contributed by atoms with E-state index in [0.717, 1.165) is 6.07 Å². The number of nitrogens with one attached hydrogen (secondary N) is 2. The number of hydrazone groups is 1. The molecule has 2 aromatic rings. The van der Waals surface area contributed by atoms with Crippen molar-refractivity contribution in [1.82, 2.24) is 15.2 Å². The first-order valence-corrected chi connectivity index (χ1v) is 8.04. The SMILES string of the molecule is CCOc1cc(/C=N/Nc2nc(=O)[nH]nc2C(C)(C)C)cc([N+](=O)[O-])c1O. The highest BCUT2D eigenvalue weighted by Crippen LogP contribution is 2.36. The van der Waals surface area contributed by atoms with Crippen LogP contribution in [0.2, 0.25) is 0 Å². The third kappa shape index (κ3) is 4.77. The smallest absolute Gasteiger partial charge is 0.363 e. The summed E-state index contributed by atoms with van der Waals surface area (Å²) >= 11 is 0. The molecule has 0 aliphatic carbocycles. The van der Waals surface area contributed by atoms with Crippen molar-refractivity contribution >= 4 is 17.7 Å². The van der Waals surface area contributed by atoms with E-state index in [9.17, 15) is 20.0 Å². The summed E-state index contributed by atoms with van der Waals surface area (Å²) < 4.78 is 5.21. The van der Waals surface area contributed by atoms with Gasteiger partial charge in [-0.2, -0.15) is 15.2 Å². The molecule has 27 heavy (non-hydrogen) atoms. The maximum Gasteiger partial charge on any atom is 0.363 e. The van der Waals surface area contributed by atoms with E-state index in [0.29, 0.717) is 11.3 Å². The Labute approximate surface area is 154 Å². The maximum absolute atomic E-state index is 11.4. The van der Waals surface area contributed by atoms with Gasteiger partial charge in [-0.25, -0.2) is 9.89 Å². The summed E-state index contributed by atoms with van der Waals surface area (Å²) in [5.74, 6) is -0.414. The molecule has 0 aliphatic heterocycles. The molecule has 1 aromatic heterocycles. The van der Waals surface area contributed by atoms with Gasteiger partial charge in [0.25, 0.3) is 0 Å². The van der Waals surface area contributed by atoms with E-state index in [2.05, 4.69) is 25.7 Å². The van der Waals surface area contributed by atoms with Gasteiger partial charge in [0.05, 0.1) is 17.7 Å². The Hall–Kier alpha value is -3.50. The number of hydrogen-bond acceptors (Lipinski definition) is 9. The van der Waals surface area contributed by atoms with E-state index < -0.39 is 27.5 Å². The molecule has 0 atom stereocenters. The number of aromatic hydroxyl groups is 1. The number of phenolic OH excluding ortho intramolecular Hbond substituents is 1. The number of rotatable bonds is 6. The Kier molecular flexibility index (Phi) is 5.73. The zero-order valence-corrected chi connectivity index (χ0v) is 15.3. The fourth-order valence-corrected chi connectivity index (χ4v) is 2.20. The molecule has 0 saturated heterocycles. The number of phenols is 1. The number of aromatic amines is 1. The second-order valence-corrected chi connectivity index (χ2v) is 6.53. The second-order valence-electron chi connectivity index (χ2n) is 6.53. The number of nitrogens with zero attached hydrogens (tertiary/aromatic N) is 4. The molecular formula is C16H20N6O5. The number of nitro groups is 1. The van der Waals surface area contributed by atoms with Crippen LogP contribution in [0.5, 0.6) is 11.5 Å². The van der Waals surface area contributed by atoms with E-state index >= 15 is 0 Å². The van der Waals surface area contributed by atoms with E-state index in [1.54, 1.807) is 6.92 Å². The predicted molar refractivity (Wildman–Crippen MR) is 98.5 cm³/mol. The highest BCUT2D eigenvalue weighted by atomic mass is 16.6. The van der Waals surface area contributed by atoms with Crippen molar-refractivity contribution in [1.29, 1.82) is 0 Å². The molecule has 144 valence electrons. The van der Waals surface area contributed by atoms with Gasteiger partial charge in [-0.1, -0.05) is 20.8 Å². The van der Waals surface area contributed by atoms with Gasteiger partial charge in [-0.15, -0.1) is 0 Å². The monoisotopic (exact) mass is 376 g/mol. The molecule has 0 fully saturated rings. The van der Waals surface area contributed by atoms with Crippen LogP contribution in [0, 0.1) is 10.1 Å². The molecular weight excluding hydrogens is 356 g/mol. The van der Waals surface area contributed by atoms with Crippen LogP contribution < -0.4 is 15.9 Å². The zero-order chi connectivity index (χ0) is 20.2. The summed E-state index contributed by atoms with van der Waals surface area (Å²) in [6.45, 7) is 7.58. The Balaban J connectivity index is 2.36. The van der Waals surface area contributed by atoms with E-state index in [-0.39, 0.29) is 18.2 Å². The number of hydrogen-bond donors (Lipinski definition) is 3. The molecule has 0 saturated carbocycles. The average molecular weight is 376 g/mol. The van der Waals surface area contributed by atoms with Crippen LogP contribution in [-0.2, 0) is 5.41 Å². The van der Waals surface area contributed by atoms with E-state index in [1.807, 2.05) is 20.8 Å². The number of ether oxygens (including phenoxy) is 1. The van der Waals surface area contributed by atoms with Gasteiger partial charge < -0.3 is 9.84 Å². The molecule has 11 heteroatoms. The van der Waals surface area contributed by atoms with Gasteiger partial charge in [0.2, 0.25) is 5.75 Å². The Morgan fingerprint density at radius 3 is 2.74 bits per heavy atom. The number of nitro benzene ring substituents is 1. The van der Waals surface area contributed by atoms with Crippen LogP contribution in [0.15, 0.2) is 22.0 Å². The van der Waals surface area contributed by atoms with E-state index in [4.69, 9.17) is 4.74 Å². The first-order valence-electron chi connectivity index (χ1n) is 8.04. The highest BCUT2D eigenvalue weighted by Gasteiger charge is 2.22. The van der Waals surface area contributed by atoms with Gasteiger partial charge in [-0.05, 0) is 13.0 Å². The normalized spacial score (nSPS) is 11.6. The predicted octanol–water partition coefficient (Wildman–Crippen LogP) is 1.92. The summed E-state index contributed by atoms with van der Waals surface area (Å²) in [7, 11) is 0. The Morgan fingerprint density at radius 2 is 2.15 bits per heavy atom. The minimum atomic E-state index is -0.720. The standard InChI is InChI=1S/C16H20N6O5/c1-5-27-11-7-9(6-10(12(11)23)22(25)26)8-17-20-14-13(16(2,3)4)19-21-15(24)18-14/h6-8,23H,5H2,1-4H3,(H2,18,20,21,24)/b17-8+. The first kappa shape index (κ1) is 19.8. The summed E-state index contributed by atoms with van der Waals surface area (Å²) in [6.07, 6.45) is 1.28. The second kappa shape index (κ2) is 7.81. The van der Waals surface area contributed by atoms with Gasteiger partial charge in [0, 0.05) is 17.0 Å². The molecule has 0 bridgehead atoms. The molecule has 0 spiro atoms. The first-order chi connectivity index (χ1) is 12.6. The van der Waals surface area contributed by atoms with Crippen LogP contribution in [0.1, 0.15) is 39.0 Å². The van der Waals surface area contributed by atoms with Gasteiger partial charge >= 0.3 is 11.4 Å². The molecule has 0 amide bonds. The Bertz CT molecular complexity index is 932. The average Bonchev–Trinajstić information content (AvgIpc) is 2.56. The Morgan fingerprint density at radius 1 is 1.44 bits per heavy atom. The molecule has 0 radical (unpaired) electrons. The van der Waals surface area contributed by atoms with Gasteiger partial charge in [-0.3, -0.25) is 15.5 Å². The lowest BCUT2D eigenvalue weighted by Crippen LogP contribution is -2.24. The molecule has 3 N–H and O–H groups in total. The van der Waals surface area contributed by atoms with Gasteiger partial charge in [0.1, 0.15) is 5.69 Å². The lowest BCUT2D eigenvalue weighted by atomic mass is 9.92. The van der Waals surface area contributed by atoms with Crippen LogP contribution in [0.3, 0.4) is 0 Å². The molecule has 1 aromatic carbocycles. The quantitative estimate of drug-likeness (QED) is 0.392. The number of H-pyrrole nitrogens is 1. The topological polar surface area (TPSA) is 156 Å². The minimum absolute atomic E-state index is 0.0283. The summed E-state index contributed by atoms with van der Waals surface area (Å²) in [5.41, 5.74) is 1.88. The van der Waals surface area contributed by atoms with Crippen LogP contribution in [0.25, 0.3) is 0 Å². The third-order valence-electron chi connectivity index (χ3n) is 3.37. The summed E-state index contributed by atoms with van der Waals surface area (Å²) in [4.78, 5) is 25.6. The molecule has 0 aliphatic rings. The van der Waals surface area contributed by atoms with Crippen molar-refractivity contribution in [2.24, 2.45) is 5.10 Å². The lowest BCUT2D eigenvalue weighted by molar-refractivity contribution is -0.386. The maximum atomic E-state index is 11.4. The van der Waals surface area contributed by atoms with Crippen molar-refractivity contribution in [3.8, 4) is 11.5 Å². The number of aromatic nitrogens is 3. The van der Waals surface area contributed by atoms with Gasteiger partial charge in [0.15, 0.2) is 11.6 Å². The minimum Gasteiger partial charge on any atom is -0.500 e. The summed E-state index contributed by atoms with van der Waals surface area (Å²) in [6, 6.07) is 2.56. The fraction of sp³-hybridized carbons (Fsp3) is 0.375. The van der Waals surface area contributed by atoms with Crippen LogP contribution in [-0.4, -0.2) is 38.0 Å². The number of anilines is 1. The molecule has 2 rings (SSSR count). The lowest BCUT2D eigenvalue weighted by Gasteiger charge is -2.18. The van der Waals surface area contributed by atoms with Crippen molar-refractivity contribution < 1.29 is 14.8 Å². The van der Waals surface area contributed by atoms with Crippen LogP contribution in [0.4, 0.5) is 11.5 Å². The fourth-order valence-electron chi connectivity index (χ4n) is 2.20. The third-order valence-corrected chi connectivity index (χ3v) is 3.37. The molecule has 0 unspecified atom stereocenters. The zero-order valence-electron chi connectivity index (χ0n) is 15.3. The van der Waals surface area contributed by atoms with E-state index in [1.165, 1.54) is 12.3 Å². The molecule has 1 heterocycles. The summed E-state index contributed by atoms with van der Waals surface area (Å²) in [5, 5.41) is 31.2. The number of benzene rings is 1. The van der Waals surface area contributed by atoms with Crippen molar-refractivity contribution in [2.45, 2.75) is 33.1 Å². The van der Waals surface area contributed by atoms with Crippen molar-refractivity contribution in [2.75, 3.05) is 12.0 Å². The van der Waals surface area contributed by atoms with Crippen molar-refractivity contribution in [3.05, 3.63) is 44.0 Å². The largest absolute Gasteiger partial charge is 0.500 e. The van der Waals surface area contributed by atoms with Crippen LogP contribution >= 0.6 is 0 Å². The van der Waals surface area contributed by atoms with Crippen molar-refractivity contribution in [3.63, 3.8) is 0 Å². The highest BCUT2D eigenvalue weighted by molar-refractivity contribution is 5.83. The molecule has 11 nitrogen and oxygen atoms in total.